The molecule has 0 fully saturated rings. The van der Waals surface area contributed by atoms with Crippen molar-refractivity contribution >= 4 is 16.9 Å². The summed E-state index contributed by atoms with van der Waals surface area (Å²) in [4.78, 5) is 14.8. The zero-order valence-corrected chi connectivity index (χ0v) is 11.7. The first-order valence-corrected chi connectivity index (χ1v) is 6.60. The molecule has 8 heteroatoms. The molecule has 0 saturated heterocycles. The van der Waals surface area contributed by atoms with Crippen molar-refractivity contribution in [2.24, 2.45) is 0 Å². The van der Waals surface area contributed by atoms with E-state index in [4.69, 9.17) is 0 Å². The van der Waals surface area contributed by atoms with Gasteiger partial charge in [0.05, 0.1) is 12.1 Å². The number of hydrogen-bond acceptors (Lipinski definition) is 5. The van der Waals surface area contributed by atoms with Crippen LogP contribution in [0.5, 0.6) is 0 Å². The van der Waals surface area contributed by atoms with Crippen LogP contribution in [0.2, 0.25) is 0 Å². The van der Waals surface area contributed by atoms with Gasteiger partial charge in [-0.25, -0.2) is 4.68 Å². The Morgan fingerprint density at radius 1 is 1.33 bits per heavy atom. The smallest absolute Gasteiger partial charge is 0.358 e. The number of hydrogen-bond donors (Lipinski definition) is 0. The Hall–Kier alpha value is -2.77. The average Bonchev–Trinajstić information content (AvgIpc) is 3.01. The summed E-state index contributed by atoms with van der Waals surface area (Å²) in [5, 5.41) is 19.3. The monoisotopic (exact) mass is 286 g/mol. The van der Waals surface area contributed by atoms with Crippen molar-refractivity contribution in [3.63, 3.8) is 0 Å². The second kappa shape index (κ2) is 4.97. The van der Waals surface area contributed by atoms with Crippen LogP contribution in [0.25, 0.3) is 11.0 Å². The van der Waals surface area contributed by atoms with Gasteiger partial charge in [0.2, 0.25) is 5.82 Å². The minimum absolute atomic E-state index is 0.117. The lowest BCUT2D eigenvalue weighted by Crippen LogP contribution is -2.10. The summed E-state index contributed by atoms with van der Waals surface area (Å²) in [5.41, 5.74) is 2.14. The molecule has 0 N–H and O–H groups in total. The molecular weight excluding hydrogens is 272 g/mol. The van der Waals surface area contributed by atoms with Crippen LogP contribution in [0.3, 0.4) is 0 Å². The van der Waals surface area contributed by atoms with E-state index < -0.39 is 4.92 Å². The highest BCUT2D eigenvalue weighted by atomic mass is 16.6. The lowest BCUT2D eigenvalue weighted by Gasteiger charge is -2.06. The highest BCUT2D eigenvalue weighted by Gasteiger charge is 2.25. The molecule has 3 aromatic rings. The number of fused-ring (bicyclic) bond motifs is 1. The van der Waals surface area contributed by atoms with E-state index in [1.54, 1.807) is 11.6 Å². The van der Waals surface area contributed by atoms with Gasteiger partial charge in [-0.1, -0.05) is 17.3 Å². The maximum absolute atomic E-state index is 11.2. The molecule has 0 aliphatic rings. The maximum Gasteiger partial charge on any atom is 0.387 e. The van der Waals surface area contributed by atoms with E-state index in [0.717, 1.165) is 11.0 Å². The maximum atomic E-state index is 11.2. The third kappa shape index (κ3) is 2.14. The number of benzene rings is 1. The Labute approximate surface area is 120 Å². The molecule has 3 rings (SSSR count). The van der Waals surface area contributed by atoms with Gasteiger partial charge in [-0.05, 0) is 29.0 Å². The molecule has 0 saturated carbocycles. The summed E-state index contributed by atoms with van der Waals surface area (Å²) >= 11 is 0. The predicted molar refractivity (Wildman–Crippen MR) is 75.9 cm³/mol. The molecule has 0 atom stereocenters. The molecule has 0 radical (unpaired) electrons. The van der Waals surface area contributed by atoms with Crippen LogP contribution in [-0.2, 0) is 13.1 Å². The van der Waals surface area contributed by atoms with Gasteiger partial charge < -0.3 is 14.7 Å². The molecule has 2 heterocycles. The van der Waals surface area contributed by atoms with Crippen molar-refractivity contribution in [2.75, 3.05) is 0 Å². The Kier molecular flexibility index (Phi) is 3.13. The zero-order chi connectivity index (χ0) is 15.0. The molecule has 8 nitrogen and oxygen atoms in total. The molecule has 0 aliphatic carbocycles. The van der Waals surface area contributed by atoms with E-state index in [9.17, 15) is 10.1 Å². The summed E-state index contributed by atoms with van der Waals surface area (Å²) in [7, 11) is 0. The molecular formula is C13H14N6O2. The lowest BCUT2D eigenvalue weighted by molar-refractivity contribution is -0.390. The van der Waals surface area contributed by atoms with E-state index >= 15 is 0 Å². The molecule has 0 amide bonds. The lowest BCUT2D eigenvalue weighted by atomic mass is 10.3. The van der Waals surface area contributed by atoms with Crippen LogP contribution < -0.4 is 0 Å². The highest BCUT2D eigenvalue weighted by molar-refractivity contribution is 5.73. The molecule has 21 heavy (non-hydrogen) atoms. The highest BCUT2D eigenvalue weighted by Crippen LogP contribution is 2.21. The normalized spacial score (nSPS) is 11.1. The Morgan fingerprint density at radius 3 is 2.81 bits per heavy atom. The third-order valence-electron chi connectivity index (χ3n) is 3.45. The summed E-state index contributed by atoms with van der Waals surface area (Å²) in [5.74, 6) is 0.512. The number of para-hydroxylation sites is 1. The van der Waals surface area contributed by atoms with Gasteiger partial charge >= 0.3 is 5.82 Å². The first-order chi connectivity index (χ1) is 10.1. The van der Waals surface area contributed by atoms with Crippen molar-refractivity contribution in [3.05, 3.63) is 45.9 Å². The molecule has 0 spiro atoms. The van der Waals surface area contributed by atoms with Crippen LogP contribution in [-0.4, -0.2) is 29.5 Å². The molecule has 1 aromatic carbocycles. The predicted octanol–water partition coefficient (Wildman–Crippen LogP) is 1.91. The summed E-state index contributed by atoms with van der Waals surface area (Å²) in [6.45, 7) is 4.58. The summed E-state index contributed by atoms with van der Waals surface area (Å²) in [6, 6.07) is 7.51. The first kappa shape index (κ1) is 13.2. The average molecular weight is 286 g/mol. The van der Waals surface area contributed by atoms with Crippen molar-refractivity contribution < 1.29 is 4.92 Å². The van der Waals surface area contributed by atoms with E-state index in [0.29, 0.717) is 18.1 Å². The zero-order valence-electron chi connectivity index (χ0n) is 11.7. The van der Waals surface area contributed by atoms with Crippen molar-refractivity contribution in [1.29, 1.82) is 0 Å². The largest absolute Gasteiger partial charge is 0.387 e. The van der Waals surface area contributed by atoms with E-state index in [2.05, 4.69) is 15.3 Å². The van der Waals surface area contributed by atoms with Crippen LogP contribution >= 0.6 is 0 Å². The fourth-order valence-electron chi connectivity index (χ4n) is 2.49. The molecule has 0 aliphatic heterocycles. The quantitative estimate of drug-likeness (QED) is 0.539. The van der Waals surface area contributed by atoms with Crippen LogP contribution in [0.15, 0.2) is 24.3 Å². The van der Waals surface area contributed by atoms with E-state index in [-0.39, 0.29) is 12.4 Å². The molecule has 0 unspecified atom stereocenters. The number of nitro groups is 1. The topological polar surface area (TPSA) is 91.7 Å². The number of nitrogens with zero attached hydrogens (tertiary/aromatic N) is 6. The minimum atomic E-state index is -0.451. The van der Waals surface area contributed by atoms with Crippen LogP contribution in [0.1, 0.15) is 18.4 Å². The van der Waals surface area contributed by atoms with E-state index in [1.807, 2.05) is 35.8 Å². The minimum Gasteiger partial charge on any atom is -0.358 e. The number of rotatable bonds is 4. The van der Waals surface area contributed by atoms with Gasteiger partial charge in [0.1, 0.15) is 11.2 Å². The molecule has 108 valence electrons. The number of aryl methyl sites for hydroxylation is 1. The van der Waals surface area contributed by atoms with Crippen molar-refractivity contribution in [2.45, 2.75) is 26.9 Å². The van der Waals surface area contributed by atoms with Gasteiger partial charge in [-0.2, -0.15) is 0 Å². The van der Waals surface area contributed by atoms with Crippen LogP contribution in [0.4, 0.5) is 5.82 Å². The first-order valence-electron chi connectivity index (χ1n) is 6.60. The fourth-order valence-corrected chi connectivity index (χ4v) is 2.49. The summed E-state index contributed by atoms with van der Waals surface area (Å²) < 4.78 is 3.49. The van der Waals surface area contributed by atoms with Gasteiger partial charge in [0.15, 0.2) is 0 Å². The summed E-state index contributed by atoms with van der Waals surface area (Å²) in [6.07, 6.45) is 0. The van der Waals surface area contributed by atoms with Gasteiger partial charge in [0, 0.05) is 13.5 Å². The van der Waals surface area contributed by atoms with Gasteiger partial charge in [0.25, 0.3) is 0 Å². The van der Waals surface area contributed by atoms with Crippen LogP contribution in [0, 0.1) is 17.0 Å². The Balaban J connectivity index is 2.11. The SMILES string of the molecule is CCn1c(C)nc([N+](=O)[O-])c1Cn1nnc2ccccc21. The second-order valence-electron chi connectivity index (χ2n) is 4.67. The molecule has 2 aromatic heterocycles. The van der Waals surface area contributed by atoms with Crippen molar-refractivity contribution in [3.8, 4) is 0 Å². The Bertz CT molecular complexity index is 819. The van der Waals surface area contributed by atoms with Gasteiger partial charge in [-0.15, -0.1) is 5.10 Å². The van der Waals surface area contributed by atoms with Crippen molar-refractivity contribution in [1.82, 2.24) is 24.5 Å². The fraction of sp³-hybridized carbons (Fsp3) is 0.308. The van der Waals surface area contributed by atoms with E-state index in [1.165, 1.54) is 0 Å². The second-order valence-corrected chi connectivity index (χ2v) is 4.67. The number of imidazole rings is 1. The molecule has 0 bridgehead atoms. The van der Waals surface area contributed by atoms with Gasteiger partial charge in [-0.3, -0.25) is 0 Å². The number of aromatic nitrogens is 5. The Morgan fingerprint density at radius 2 is 2.10 bits per heavy atom. The third-order valence-corrected chi connectivity index (χ3v) is 3.45. The standard InChI is InChI=1S/C13H14N6O2/c1-3-17-9(2)14-13(19(20)21)12(17)8-18-11-7-5-4-6-10(11)15-16-18/h4-7H,3,8H2,1-2H3.